The van der Waals surface area contributed by atoms with Gasteiger partial charge in [0.1, 0.15) is 5.69 Å². The first-order valence-electron chi connectivity index (χ1n) is 9.42. The Hall–Kier alpha value is -3.99. The van der Waals surface area contributed by atoms with E-state index in [1.165, 1.54) is 0 Å². The molecule has 2 aromatic carbocycles. The van der Waals surface area contributed by atoms with Crippen molar-refractivity contribution in [2.75, 3.05) is 6.54 Å². The van der Waals surface area contributed by atoms with Gasteiger partial charge >= 0.3 is 0 Å². The third kappa shape index (κ3) is 6.00. The van der Waals surface area contributed by atoms with Crippen LogP contribution in [-0.2, 0) is 11.2 Å². The Morgan fingerprint density at radius 3 is 2.35 bits per heavy atom. The number of nitrogens with one attached hydrogen (secondary N) is 2. The van der Waals surface area contributed by atoms with Gasteiger partial charge in [-0.05, 0) is 36.2 Å². The molecule has 0 bridgehead atoms. The predicted octanol–water partition coefficient (Wildman–Crippen LogP) is 2.58. The number of aromatic amines is 1. The van der Waals surface area contributed by atoms with Gasteiger partial charge in [0.15, 0.2) is 0 Å². The van der Waals surface area contributed by atoms with Gasteiger partial charge in [0, 0.05) is 11.1 Å². The largest absolute Gasteiger partial charge is 0.502 e. The van der Waals surface area contributed by atoms with E-state index in [0.717, 1.165) is 17.5 Å². The second-order valence-electron chi connectivity index (χ2n) is 6.67. The standard InChI is InChI=1S/C23H19F2N3O3/c24-19(25)13-26-22(30)18(20-21(29)23(31)28-14-27-20)12-17-10-8-16(9-11-17)7-6-15-4-2-1-3-5-15/h1-5,8-11,14,18-19,29H,12-13H2,(H,26,30)(H,27,28,31). The Labute approximate surface area is 177 Å². The van der Waals surface area contributed by atoms with Gasteiger partial charge in [-0.1, -0.05) is 42.2 Å². The summed E-state index contributed by atoms with van der Waals surface area (Å²) in [6.45, 7) is -0.840. The maximum atomic E-state index is 12.5. The van der Waals surface area contributed by atoms with E-state index >= 15 is 0 Å². The van der Waals surface area contributed by atoms with Crippen LogP contribution in [0.3, 0.4) is 0 Å². The lowest BCUT2D eigenvalue weighted by atomic mass is 9.94. The lowest BCUT2D eigenvalue weighted by molar-refractivity contribution is -0.123. The minimum absolute atomic E-state index is 0.0471. The Kier molecular flexibility index (Phi) is 7.12. The summed E-state index contributed by atoms with van der Waals surface area (Å²) >= 11 is 0. The van der Waals surface area contributed by atoms with Crippen LogP contribution < -0.4 is 10.9 Å². The number of rotatable bonds is 6. The zero-order chi connectivity index (χ0) is 22.2. The molecule has 1 unspecified atom stereocenters. The van der Waals surface area contributed by atoms with Crippen molar-refractivity contribution in [1.29, 1.82) is 0 Å². The molecule has 0 aliphatic rings. The highest BCUT2D eigenvalue weighted by Gasteiger charge is 2.27. The van der Waals surface area contributed by atoms with Crippen LogP contribution in [0, 0.1) is 11.8 Å². The van der Waals surface area contributed by atoms with Crippen LogP contribution >= 0.6 is 0 Å². The number of amides is 1. The van der Waals surface area contributed by atoms with E-state index in [2.05, 4.69) is 27.1 Å². The predicted molar refractivity (Wildman–Crippen MR) is 111 cm³/mol. The van der Waals surface area contributed by atoms with Gasteiger partial charge in [0.25, 0.3) is 12.0 Å². The molecule has 0 aliphatic heterocycles. The van der Waals surface area contributed by atoms with Gasteiger partial charge < -0.3 is 15.4 Å². The van der Waals surface area contributed by atoms with Gasteiger partial charge in [0.2, 0.25) is 11.7 Å². The zero-order valence-electron chi connectivity index (χ0n) is 16.3. The maximum absolute atomic E-state index is 12.5. The molecule has 1 atom stereocenters. The minimum Gasteiger partial charge on any atom is -0.502 e. The van der Waals surface area contributed by atoms with Crippen molar-refractivity contribution in [1.82, 2.24) is 15.3 Å². The Morgan fingerprint density at radius 1 is 1.06 bits per heavy atom. The second kappa shape index (κ2) is 10.2. The number of carbonyl (C=O) groups is 1. The van der Waals surface area contributed by atoms with Gasteiger partial charge in [-0.2, -0.15) is 0 Å². The molecule has 1 heterocycles. The molecule has 158 valence electrons. The number of carbonyl (C=O) groups excluding carboxylic acids is 1. The van der Waals surface area contributed by atoms with Gasteiger partial charge in [0.05, 0.1) is 18.8 Å². The van der Waals surface area contributed by atoms with Crippen LogP contribution in [0.15, 0.2) is 65.7 Å². The molecule has 0 spiro atoms. The fourth-order valence-corrected chi connectivity index (χ4v) is 2.90. The summed E-state index contributed by atoms with van der Waals surface area (Å²) < 4.78 is 25.0. The summed E-state index contributed by atoms with van der Waals surface area (Å²) in [5.41, 5.74) is 1.32. The molecule has 3 rings (SSSR count). The second-order valence-corrected chi connectivity index (χ2v) is 6.67. The molecular weight excluding hydrogens is 404 g/mol. The number of alkyl halides is 2. The molecular formula is C23H19F2N3O3. The molecule has 0 aliphatic carbocycles. The fourth-order valence-electron chi connectivity index (χ4n) is 2.90. The summed E-state index contributed by atoms with van der Waals surface area (Å²) in [7, 11) is 0. The highest BCUT2D eigenvalue weighted by molar-refractivity contribution is 5.84. The van der Waals surface area contributed by atoms with E-state index in [9.17, 15) is 23.5 Å². The first-order chi connectivity index (χ1) is 14.9. The van der Waals surface area contributed by atoms with Crippen molar-refractivity contribution in [2.45, 2.75) is 18.8 Å². The summed E-state index contributed by atoms with van der Waals surface area (Å²) in [5, 5.41) is 12.2. The lowest BCUT2D eigenvalue weighted by Crippen LogP contribution is -2.34. The Balaban J connectivity index is 1.82. The molecule has 3 aromatic rings. The van der Waals surface area contributed by atoms with Crippen molar-refractivity contribution < 1.29 is 18.7 Å². The summed E-state index contributed by atoms with van der Waals surface area (Å²) in [6.07, 6.45) is -1.63. The van der Waals surface area contributed by atoms with Crippen LogP contribution in [0.25, 0.3) is 0 Å². The highest BCUT2D eigenvalue weighted by Crippen LogP contribution is 2.24. The number of hydrogen-bond acceptors (Lipinski definition) is 4. The van der Waals surface area contributed by atoms with Crippen LogP contribution in [0.1, 0.15) is 28.3 Å². The average Bonchev–Trinajstić information content (AvgIpc) is 2.78. The Bertz CT molecular complexity index is 1150. The molecule has 6 nitrogen and oxygen atoms in total. The van der Waals surface area contributed by atoms with Gasteiger partial charge in [-0.15, -0.1) is 0 Å². The SMILES string of the molecule is O=C(NCC(F)F)C(Cc1ccc(C#Cc2ccccc2)cc1)c1nc[nH]c(=O)c1O. The number of aromatic hydroxyl groups is 1. The fraction of sp³-hybridized carbons (Fsp3) is 0.174. The number of aromatic nitrogens is 2. The number of hydrogen-bond donors (Lipinski definition) is 3. The van der Waals surface area contributed by atoms with E-state index in [-0.39, 0.29) is 12.1 Å². The number of H-pyrrole nitrogens is 1. The summed E-state index contributed by atoms with van der Waals surface area (Å²) in [4.78, 5) is 30.3. The molecule has 3 N–H and O–H groups in total. The van der Waals surface area contributed by atoms with Gasteiger partial charge in [-0.3, -0.25) is 9.59 Å². The summed E-state index contributed by atoms with van der Waals surface area (Å²) in [5.74, 6) is 3.47. The van der Waals surface area contributed by atoms with Crippen molar-refractivity contribution in [3.05, 3.63) is 93.7 Å². The number of halogens is 2. The molecule has 0 saturated heterocycles. The summed E-state index contributed by atoms with van der Waals surface area (Å²) in [6, 6.07) is 16.5. The number of nitrogens with zero attached hydrogens (tertiary/aromatic N) is 1. The molecule has 8 heteroatoms. The van der Waals surface area contributed by atoms with Crippen LogP contribution in [0.2, 0.25) is 0 Å². The van der Waals surface area contributed by atoms with Crippen LogP contribution in [0.4, 0.5) is 8.78 Å². The Morgan fingerprint density at radius 2 is 1.71 bits per heavy atom. The van der Waals surface area contributed by atoms with E-state index in [1.807, 2.05) is 30.3 Å². The lowest BCUT2D eigenvalue weighted by Gasteiger charge is -2.17. The third-order valence-electron chi connectivity index (χ3n) is 4.45. The van der Waals surface area contributed by atoms with E-state index < -0.39 is 36.1 Å². The van der Waals surface area contributed by atoms with Crippen molar-refractivity contribution >= 4 is 5.91 Å². The van der Waals surface area contributed by atoms with Gasteiger partial charge in [-0.25, -0.2) is 13.8 Å². The van der Waals surface area contributed by atoms with E-state index in [1.54, 1.807) is 24.3 Å². The molecule has 31 heavy (non-hydrogen) atoms. The maximum Gasteiger partial charge on any atom is 0.293 e. The molecule has 1 aromatic heterocycles. The van der Waals surface area contributed by atoms with Crippen molar-refractivity contribution in [3.8, 4) is 17.6 Å². The zero-order valence-corrected chi connectivity index (χ0v) is 16.3. The highest BCUT2D eigenvalue weighted by atomic mass is 19.3. The van der Waals surface area contributed by atoms with Crippen molar-refractivity contribution in [2.24, 2.45) is 0 Å². The smallest absolute Gasteiger partial charge is 0.293 e. The molecule has 0 fully saturated rings. The van der Waals surface area contributed by atoms with Crippen LogP contribution in [-0.4, -0.2) is 34.0 Å². The average molecular weight is 423 g/mol. The van der Waals surface area contributed by atoms with E-state index in [0.29, 0.717) is 5.56 Å². The monoisotopic (exact) mass is 423 g/mol. The normalized spacial score (nSPS) is 11.5. The van der Waals surface area contributed by atoms with E-state index in [4.69, 9.17) is 0 Å². The van der Waals surface area contributed by atoms with Crippen molar-refractivity contribution in [3.63, 3.8) is 0 Å². The first-order valence-corrected chi connectivity index (χ1v) is 9.42. The topological polar surface area (TPSA) is 95.1 Å². The van der Waals surface area contributed by atoms with Crippen LogP contribution in [0.5, 0.6) is 5.75 Å². The third-order valence-corrected chi connectivity index (χ3v) is 4.45. The molecule has 0 radical (unpaired) electrons. The first kappa shape index (κ1) is 21.7. The minimum atomic E-state index is -2.73. The molecule has 1 amide bonds. The number of benzene rings is 2. The quantitative estimate of drug-likeness (QED) is 0.531. The molecule has 0 saturated carbocycles.